The van der Waals surface area contributed by atoms with Gasteiger partial charge in [0.15, 0.2) is 0 Å². The van der Waals surface area contributed by atoms with E-state index in [1.807, 2.05) is 43.3 Å². The third-order valence-electron chi connectivity index (χ3n) is 4.71. The lowest BCUT2D eigenvalue weighted by atomic mass is 10.1. The van der Waals surface area contributed by atoms with Gasteiger partial charge < -0.3 is 14.8 Å². The van der Waals surface area contributed by atoms with Crippen molar-refractivity contribution in [3.63, 3.8) is 0 Å². The van der Waals surface area contributed by atoms with Crippen molar-refractivity contribution in [2.75, 3.05) is 12.4 Å². The Morgan fingerprint density at radius 1 is 1.03 bits per heavy atom. The van der Waals surface area contributed by atoms with Gasteiger partial charge in [-0.05, 0) is 66.9 Å². The monoisotopic (exact) mass is 409 g/mol. The quantitative estimate of drug-likeness (QED) is 0.516. The zero-order valence-corrected chi connectivity index (χ0v) is 17.5. The van der Waals surface area contributed by atoms with Gasteiger partial charge in [0.1, 0.15) is 18.1 Å². The second-order valence-corrected chi connectivity index (χ2v) is 7.10. The summed E-state index contributed by atoms with van der Waals surface area (Å²) in [5, 5.41) is 3.69. The van der Waals surface area contributed by atoms with E-state index in [0.29, 0.717) is 22.1 Å². The average molecular weight is 410 g/mol. The first-order valence-electron chi connectivity index (χ1n) is 9.47. The van der Waals surface area contributed by atoms with Crippen LogP contribution in [0.4, 0.5) is 5.69 Å². The molecule has 0 aliphatic carbocycles. The predicted molar refractivity (Wildman–Crippen MR) is 117 cm³/mol. The number of amides is 1. The first-order valence-corrected chi connectivity index (χ1v) is 9.84. The van der Waals surface area contributed by atoms with E-state index in [4.69, 9.17) is 21.1 Å². The van der Waals surface area contributed by atoms with E-state index in [-0.39, 0.29) is 12.5 Å². The molecule has 1 amide bonds. The Hall–Kier alpha value is -2.98. The molecule has 29 heavy (non-hydrogen) atoms. The molecule has 3 aromatic rings. The second-order valence-electron chi connectivity index (χ2n) is 6.69. The number of carbonyl (C=O) groups is 1. The summed E-state index contributed by atoms with van der Waals surface area (Å²) in [7, 11) is 1.60. The van der Waals surface area contributed by atoms with Gasteiger partial charge in [-0.25, -0.2) is 0 Å². The third-order valence-corrected chi connectivity index (χ3v) is 5.14. The Morgan fingerprint density at radius 2 is 1.83 bits per heavy atom. The number of carbonyl (C=O) groups excluding carboxylic acids is 1. The molecule has 0 radical (unpaired) electrons. The number of rotatable bonds is 7. The average Bonchev–Trinajstić information content (AvgIpc) is 2.74. The van der Waals surface area contributed by atoms with Crippen LogP contribution in [0, 0.1) is 6.92 Å². The number of hydrogen-bond acceptors (Lipinski definition) is 3. The molecule has 0 saturated heterocycles. The lowest BCUT2D eigenvalue weighted by molar-refractivity contribution is 0.102. The summed E-state index contributed by atoms with van der Waals surface area (Å²) in [5.41, 5.74) is 4.19. The summed E-state index contributed by atoms with van der Waals surface area (Å²) in [4.78, 5) is 12.8. The molecule has 0 bridgehead atoms. The highest BCUT2D eigenvalue weighted by atomic mass is 35.5. The number of benzene rings is 3. The fourth-order valence-electron chi connectivity index (χ4n) is 3.05. The minimum Gasteiger partial charge on any atom is -0.496 e. The highest BCUT2D eigenvalue weighted by molar-refractivity contribution is 6.31. The predicted octanol–water partition coefficient (Wildman–Crippen LogP) is 6.05. The van der Waals surface area contributed by atoms with Crippen LogP contribution >= 0.6 is 11.6 Å². The Bertz CT molecular complexity index is 1020. The number of para-hydroxylation sites is 1. The first-order chi connectivity index (χ1) is 14.0. The largest absolute Gasteiger partial charge is 0.496 e. The zero-order chi connectivity index (χ0) is 20.8. The minimum absolute atomic E-state index is 0.169. The van der Waals surface area contributed by atoms with Crippen molar-refractivity contribution in [3.8, 4) is 11.5 Å². The summed E-state index contributed by atoms with van der Waals surface area (Å²) in [6, 6.07) is 18.6. The van der Waals surface area contributed by atoms with Gasteiger partial charge in [0, 0.05) is 21.8 Å². The van der Waals surface area contributed by atoms with Crippen LogP contribution in [0.25, 0.3) is 0 Å². The molecule has 0 aromatic heterocycles. The lowest BCUT2D eigenvalue weighted by Crippen LogP contribution is -2.14. The van der Waals surface area contributed by atoms with Crippen molar-refractivity contribution in [2.45, 2.75) is 26.9 Å². The Kier molecular flexibility index (Phi) is 6.78. The molecule has 0 heterocycles. The van der Waals surface area contributed by atoms with Crippen LogP contribution in [-0.2, 0) is 13.0 Å². The summed E-state index contributed by atoms with van der Waals surface area (Å²) in [5.74, 6) is 1.21. The zero-order valence-electron chi connectivity index (χ0n) is 16.8. The van der Waals surface area contributed by atoms with E-state index >= 15 is 0 Å². The summed E-state index contributed by atoms with van der Waals surface area (Å²) < 4.78 is 11.3. The number of halogens is 1. The van der Waals surface area contributed by atoms with Gasteiger partial charge in [0.25, 0.3) is 5.91 Å². The van der Waals surface area contributed by atoms with Crippen molar-refractivity contribution < 1.29 is 14.3 Å². The minimum atomic E-state index is -0.169. The van der Waals surface area contributed by atoms with Crippen molar-refractivity contribution in [1.29, 1.82) is 0 Å². The van der Waals surface area contributed by atoms with Crippen LogP contribution in [0.15, 0.2) is 60.7 Å². The molecule has 0 fully saturated rings. The molecule has 0 aliphatic heterocycles. The smallest absolute Gasteiger partial charge is 0.255 e. The van der Waals surface area contributed by atoms with E-state index in [2.05, 4.69) is 12.2 Å². The van der Waals surface area contributed by atoms with Crippen LogP contribution in [0.1, 0.15) is 34.0 Å². The topological polar surface area (TPSA) is 47.6 Å². The maximum absolute atomic E-state index is 12.8. The third kappa shape index (κ3) is 5.09. The standard InChI is InChI=1S/C24H24ClNO3/c1-4-17-7-5-6-8-22(17)26-24(27)18-9-12-23(28-3)19(14-18)15-29-20-10-11-21(25)16(2)13-20/h5-14H,4,15H2,1-3H3,(H,26,27). The van der Waals surface area contributed by atoms with Gasteiger partial charge in [-0.2, -0.15) is 0 Å². The van der Waals surface area contributed by atoms with Crippen LogP contribution in [0.5, 0.6) is 11.5 Å². The first kappa shape index (κ1) is 20.7. The van der Waals surface area contributed by atoms with E-state index < -0.39 is 0 Å². The van der Waals surface area contributed by atoms with Gasteiger partial charge in [-0.1, -0.05) is 36.7 Å². The normalized spacial score (nSPS) is 10.5. The van der Waals surface area contributed by atoms with Gasteiger partial charge in [-0.3, -0.25) is 4.79 Å². The van der Waals surface area contributed by atoms with Crippen molar-refractivity contribution in [2.24, 2.45) is 0 Å². The van der Waals surface area contributed by atoms with Crippen molar-refractivity contribution in [1.82, 2.24) is 0 Å². The molecule has 3 rings (SSSR count). The Balaban J connectivity index is 1.78. The summed E-state index contributed by atoms with van der Waals surface area (Å²) >= 11 is 6.07. The molecular formula is C24H24ClNO3. The van der Waals surface area contributed by atoms with Crippen molar-refractivity contribution in [3.05, 3.63) is 87.9 Å². The molecule has 5 heteroatoms. The number of ether oxygens (including phenoxy) is 2. The van der Waals surface area contributed by atoms with Gasteiger partial charge in [-0.15, -0.1) is 0 Å². The van der Waals surface area contributed by atoms with Crippen LogP contribution in [0.2, 0.25) is 5.02 Å². The maximum Gasteiger partial charge on any atom is 0.255 e. The van der Waals surface area contributed by atoms with Crippen LogP contribution < -0.4 is 14.8 Å². The number of nitrogens with one attached hydrogen (secondary N) is 1. The molecule has 0 atom stereocenters. The summed E-state index contributed by atoms with van der Waals surface area (Å²) in [6.45, 7) is 4.26. The molecule has 0 aliphatic rings. The fourth-order valence-corrected chi connectivity index (χ4v) is 3.16. The molecule has 150 valence electrons. The van der Waals surface area contributed by atoms with Crippen LogP contribution in [-0.4, -0.2) is 13.0 Å². The molecule has 0 unspecified atom stereocenters. The van der Waals surface area contributed by atoms with Crippen LogP contribution in [0.3, 0.4) is 0 Å². The molecule has 0 spiro atoms. The number of hydrogen-bond donors (Lipinski definition) is 1. The molecule has 4 nitrogen and oxygen atoms in total. The van der Waals surface area contributed by atoms with Gasteiger partial charge >= 0.3 is 0 Å². The number of anilines is 1. The second kappa shape index (κ2) is 9.48. The van der Waals surface area contributed by atoms with E-state index in [1.54, 1.807) is 31.4 Å². The summed E-state index contributed by atoms with van der Waals surface area (Å²) in [6.07, 6.45) is 0.846. The molecule has 1 N–H and O–H groups in total. The molecule has 0 saturated carbocycles. The number of aryl methyl sites for hydroxylation is 2. The molecular weight excluding hydrogens is 386 g/mol. The molecule has 3 aromatic carbocycles. The highest BCUT2D eigenvalue weighted by Gasteiger charge is 2.13. The fraction of sp³-hybridized carbons (Fsp3) is 0.208. The SMILES string of the molecule is CCc1ccccc1NC(=O)c1ccc(OC)c(COc2ccc(Cl)c(C)c2)c1. The highest BCUT2D eigenvalue weighted by Crippen LogP contribution is 2.25. The number of methoxy groups -OCH3 is 1. The maximum atomic E-state index is 12.8. The van der Waals surface area contributed by atoms with Gasteiger partial charge in [0.2, 0.25) is 0 Å². The van der Waals surface area contributed by atoms with E-state index in [1.165, 1.54) is 0 Å². The lowest BCUT2D eigenvalue weighted by Gasteiger charge is -2.14. The Morgan fingerprint density at radius 3 is 2.55 bits per heavy atom. The van der Waals surface area contributed by atoms with Gasteiger partial charge in [0.05, 0.1) is 7.11 Å². The Labute approximate surface area is 176 Å². The van der Waals surface area contributed by atoms with E-state index in [9.17, 15) is 4.79 Å². The van der Waals surface area contributed by atoms with E-state index in [0.717, 1.165) is 28.8 Å². The van der Waals surface area contributed by atoms with Crippen molar-refractivity contribution >= 4 is 23.2 Å².